The molecule has 4 N–H and O–H groups in total. The standard InChI is InChI=1S/C9H11N3O2/c1-6-2-4-7(5-3-6)11-9(13)8(10)12-14/h2-5,14H,1H3,(H2,10,12)(H,11,13). The van der Waals surface area contributed by atoms with Gasteiger partial charge in [-0.1, -0.05) is 22.9 Å². The largest absolute Gasteiger partial charge is 0.409 e. The molecule has 0 aliphatic heterocycles. The number of carbonyl (C=O) groups is 1. The highest BCUT2D eigenvalue weighted by Crippen LogP contribution is 2.07. The van der Waals surface area contributed by atoms with Crippen molar-refractivity contribution >= 4 is 17.4 Å². The van der Waals surface area contributed by atoms with Crippen LogP contribution in [0.15, 0.2) is 29.4 Å². The number of amides is 1. The van der Waals surface area contributed by atoms with E-state index in [0.29, 0.717) is 5.69 Å². The molecule has 0 aliphatic rings. The highest BCUT2D eigenvalue weighted by atomic mass is 16.4. The number of anilines is 1. The number of hydrogen-bond acceptors (Lipinski definition) is 3. The second kappa shape index (κ2) is 4.27. The third kappa shape index (κ3) is 2.48. The summed E-state index contributed by atoms with van der Waals surface area (Å²) in [6.45, 7) is 1.94. The lowest BCUT2D eigenvalue weighted by molar-refractivity contribution is -0.110. The number of aryl methyl sites for hydroxylation is 1. The zero-order valence-corrected chi connectivity index (χ0v) is 7.69. The number of hydrogen-bond donors (Lipinski definition) is 3. The van der Waals surface area contributed by atoms with Crippen LogP contribution in [-0.2, 0) is 4.79 Å². The van der Waals surface area contributed by atoms with Crippen molar-refractivity contribution in [1.29, 1.82) is 0 Å². The van der Waals surface area contributed by atoms with E-state index in [0.717, 1.165) is 5.56 Å². The van der Waals surface area contributed by atoms with Gasteiger partial charge in [-0.15, -0.1) is 0 Å². The van der Waals surface area contributed by atoms with Gasteiger partial charge in [-0.2, -0.15) is 0 Å². The van der Waals surface area contributed by atoms with E-state index in [1.807, 2.05) is 19.1 Å². The van der Waals surface area contributed by atoms with Crippen LogP contribution in [0.1, 0.15) is 5.56 Å². The summed E-state index contributed by atoms with van der Waals surface area (Å²) < 4.78 is 0. The fourth-order valence-corrected chi connectivity index (χ4v) is 0.877. The van der Waals surface area contributed by atoms with Gasteiger partial charge in [0.05, 0.1) is 0 Å². The third-order valence-electron chi connectivity index (χ3n) is 1.65. The molecule has 0 heterocycles. The lowest BCUT2D eigenvalue weighted by atomic mass is 10.2. The number of oxime groups is 1. The first-order chi connectivity index (χ1) is 6.63. The monoisotopic (exact) mass is 193 g/mol. The molecule has 5 nitrogen and oxygen atoms in total. The number of nitrogens with zero attached hydrogens (tertiary/aromatic N) is 1. The van der Waals surface area contributed by atoms with Crippen molar-refractivity contribution < 1.29 is 10.0 Å². The number of amidine groups is 1. The minimum Gasteiger partial charge on any atom is -0.409 e. The summed E-state index contributed by atoms with van der Waals surface area (Å²) in [4.78, 5) is 11.1. The van der Waals surface area contributed by atoms with Crippen molar-refractivity contribution in [2.24, 2.45) is 10.9 Å². The van der Waals surface area contributed by atoms with Crippen molar-refractivity contribution in [2.45, 2.75) is 6.92 Å². The molecule has 74 valence electrons. The van der Waals surface area contributed by atoms with Crippen LogP contribution >= 0.6 is 0 Å². The molecule has 0 spiro atoms. The normalized spacial score (nSPS) is 11.1. The Labute approximate surface area is 81.2 Å². The van der Waals surface area contributed by atoms with Crippen LogP contribution in [0.25, 0.3) is 0 Å². The number of rotatable bonds is 1. The van der Waals surface area contributed by atoms with Gasteiger partial charge in [-0.25, -0.2) is 0 Å². The molecule has 5 heteroatoms. The first kappa shape index (κ1) is 10.0. The molecular formula is C9H11N3O2. The summed E-state index contributed by atoms with van der Waals surface area (Å²) in [6, 6.07) is 7.17. The minimum atomic E-state index is -0.628. The SMILES string of the molecule is Cc1ccc(NC(=O)/C(N)=N\O)cc1. The Morgan fingerprint density at radius 2 is 2.00 bits per heavy atom. The maximum absolute atomic E-state index is 11.1. The van der Waals surface area contributed by atoms with E-state index in [1.165, 1.54) is 0 Å². The average Bonchev–Trinajstić information content (AvgIpc) is 2.20. The Bertz CT molecular complexity index is 357. The molecule has 0 unspecified atom stereocenters. The average molecular weight is 193 g/mol. The van der Waals surface area contributed by atoms with Crippen LogP contribution in [0.5, 0.6) is 0 Å². The smallest absolute Gasteiger partial charge is 0.294 e. The Morgan fingerprint density at radius 1 is 1.43 bits per heavy atom. The molecule has 1 rings (SSSR count). The molecule has 0 saturated heterocycles. The van der Waals surface area contributed by atoms with Crippen molar-refractivity contribution in [3.8, 4) is 0 Å². The Morgan fingerprint density at radius 3 is 2.50 bits per heavy atom. The van der Waals surface area contributed by atoms with Gasteiger partial charge >= 0.3 is 0 Å². The van der Waals surface area contributed by atoms with E-state index in [9.17, 15) is 4.79 Å². The van der Waals surface area contributed by atoms with Gasteiger partial charge in [0.25, 0.3) is 5.91 Å². The van der Waals surface area contributed by atoms with Crippen molar-refractivity contribution in [3.05, 3.63) is 29.8 Å². The van der Waals surface area contributed by atoms with Gasteiger partial charge in [-0.3, -0.25) is 4.79 Å². The molecule has 0 radical (unpaired) electrons. The molecule has 14 heavy (non-hydrogen) atoms. The van der Waals surface area contributed by atoms with Crippen molar-refractivity contribution in [1.82, 2.24) is 0 Å². The molecule has 0 aromatic heterocycles. The second-order valence-corrected chi connectivity index (χ2v) is 2.81. The highest BCUT2D eigenvalue weighted by molar-refractivity contribution is 6.41. The van der Waals surface area contributed by atoms with E-state index in [4.69, 9.17) is 10.9 Å². The van der Waals surface area contributed by atoms with Crippen LogP contribution in [0.3, 0.4) is 0 Å². The Hall–Kier alpha value is -2.04. The van der Waals surface area contributed by atoms with E-state index in [1.54, 1.807) is 12.1 Å². The van der Waals surface area contributed by atoms with E-state index < -0.39 is 11.7 Å². The summed E-state index contributed by atoms with van der Waals surface area (Å²) in [5, 5.41) is 13.3. The molecule has 0 saturated carbocycles. The maximum atomic E-state index is 11.1. The predicted molar refractivity (Wildman–Crippen MR) is 53.2 cm³/mol. The second-order valence-electron chi connectivity index (χ2n) is 2.81. The summed E-state index contributed by atoms with van der Waals surface area (Å²) in [5.41, 5.74) is 6.78. The zero-order chi connectivity index (χ0) is 10.6. The lowest BCUT2D eigenvalue weighted by Gasteiger charge is -2.03. The molecule has 0 atom stereocenters. The lowest BCUT2D eigenvalue weighted by Crippen LogP contribution is -2.29. The molecule has 0 bridgehead atoms. The van der Waals surface area contributed by atoms with E-state index >= 15 is 0 Å². The number of carbonyl (C=O) groups excluding carboxylic acids is 1. The van der Waals surface area contributed by atoms with Gasteiger partial charge in [0.1, 0.15) is 0 Å². The van der Waals surface area contributed by atoms with Crippen LogP contribution in [0.4, 0.5) is 5.69 Å². The van der Waals surface area contributed by atoms with Crippen molar-refractivity contribution in [2.75, 3.05) is 5.32 Å². The molecule has 0 fully saturated rings. The number of nitrogens with two attached hydrogens (primary N) is 1. The Balaban J connectivity index is 2.70. The molecule has 1 aromatic carbocycles. The topological polar surface area (TPSA) is 87.7 Å². The number of benzene rings is 1. The third-order valence-corrected chi connectivity index (χ3v) is 1.65. The predicted octanol–water partition coefficient (Wildman–Crippen LogP) is 0.680. The number of nitrogens with one attached hydrogen (secondary N) is 1. The van der Waals surface area contributed by atoms with Crippen LogP contribution < -0.4 is 11.1 Å². The Kier molecular flexibility index (Phi) is 3.06. The van der Waals surface area contributed by atoms with Crippen LogP contribution in [-0.4, -0.2) is 17.0 Å². The van der Waals surface area contributed by atoms with E-state index in [2.05, 4.69) is 10.5 Å². The van der Waals surface area contributed by atoms with Gasteiger partial charge in [0.15, 0.2) is 0 Å². The summed E-state index contributed by atoms with van der Waals surface area (Å²) in [7, 11) is 0. The van der Waals surface area contributed by atoms with Crippen LogP contribution in [0.2, 0.25) is 0 Å². The van der Waals surface area contributed by atoms with Gasteiger partial charge in [0, 0.05) is 5.69 Å². The summed E-state index contributed by atoms with van der Waals surface area (Å²) in [6.07, 6.45) is 0. The summed E-state index contributed by atoms with van der Waals surface area (Å²) in [5.74, 6) is -1.10. The molecule has 1 aromatic rings. The highest BCUT2D eigenvalue weighted by Gasteiger charge is 2.06. The molecule has 0 aliphatic carbocycles. The molecular weight excluding hydrogens is 182 g/mol. The van der Waals surface area contributed by atoms with Gasteiger partial charge in [-0.05, 0) is 19.1 Å². The molecule has 1 amide bonds. The first-order valence-corrected chi connectivity index (χ1v) is 3.99. The first-order valence-electron chi connectivity index (χ1n) is 3.99. The zero-order valence-electron chi connectivity index (χ0n) is 7.69. The van der Waals surface area contributed by atoms with Crippen LogP contribution in [0, 0.1) is 6.92 Å². The maximum Gasteiger partial charge on any atom is 0.294 e. The van der Waals surface area contributed by atoms with E-state index in [-0.39, 0.29) is 0 Å². The quantitative estimate of drug-likeness (QED) is 0.265. The summed E-state index contributed by atoms with van der Waals surface area (Å²) >= 11 is 0. The van der Waals surface area contributed by atoms with Gasteiger partial charge < -0.3 is 16.3 Å². The fourth-order valence-electron chi connectivity index (χ4n) is 0.877. The van der Waals surface area contributed by atoms with Crippen molar-refractivity contribution in [3.63, 3.8) is 0 Å². The van der Waals surface area contributed by atoms with Gasteiger partial charge in [0.2, 0.25) is 5.84 Å². The fraction of sp³-hybridized carbons (Fsp3) is 0.111. The minimum absolute atomic E-state index is 0.467.